The van der Waals surface area contributed by atoms with Crippen LogP contribution >= 0.6 is 22.9 Å². The standard InChI is InChI=1S/C16H13ClN2OS/c1-19(9-11-6-7-21-10-11)16(20)13-8-15(17)18-14-5-3-2-4-12(13)14/h2-8,10H,9H2,1H3. The van der Waals surface area contributed by atoms with Crippen LogP contribution < -0.4 is 0 Å². The quantitative estimate of drug-likeness (QED) is 0.678. The number of carbonyl (C=O) groups is 1. The van der Waals surface area contributed by atoms with Gasteiger partial charge in [-0.1, -0.05) is 29.8 Å². The van der Waals surface area contributed by atoms with Crippen LogP contribution in [0.15, 0.2) is 47.2 Å². The van der Waals surface area contributed by atoms with Crippen LogP contribution in [0.2, 0.25) is 5.15 Å². The second-order valence-electron chi connectivity index (χ2n) is 4.80. The average Bonchev–Trinajstić information content (AvgIpc) is 2.98. The maximum absolute atomic E-state index is 12.7. The second-order valence-corrected chi connectivity index (χ2v) is 5.97. The molecular weight excluding hydrogens is 304 g/mol. The van der Waals surface area contributed by atoms with Crippen molar-refractivity contribution in [1.82, 2.24) is 9.88 Å². The van der Waals surface area contributed by atoms with Crippen molar-refractivity contribution >= 4 is 39.7 Å². The topological polar surface area (TPSA) is 33.2 Å². The number of hydrogen-bond donors (Lipinski definition) is 0. The molecule has 0 N–H and O–H groups in total. The van der Waals surface area contributed by atoms with Gasteiger partial charge in [0, 0.05) is 19.0 Å². The van der Waals surface area contributed by atoms with E-state index in [2.05, 4.69) is 4.98 Å². The van der Waals surface area contributed by atoms with Gasteiger partial charge in [-0.05, 0) is 34.5 Å². The molecule has 3 rings (SSSR count). The lowest BCUT2D eigenvalue weighted by atomic mass is 10.1. The summed E-state index contributed by atoms with van der Waals surface area (Å²) in [4.78, 5) is 18.6. The van der Waals surface area contributed by atoms with Gasteiger partial charge in [-0.15, -0.1) is 0 Å². The van der Waals surface area contributed by atoms with Crippen LogP contribution in [0.4, 0.5) is 0 Å². The molecule has 0 bridgehead atoms. The van der Waals surface area contributed by atoms with E-state index in [0.717, 1.165) is 16.5 Å². The number of carbonyl (C=O) groups excluding carboxylic acids is 1. The number of hydrogen-bond acceptors (Lipinski definition) is 3. The lowest BCUT2D eigenvalue weighted by molar-refractivity contribution is 0.0787. The molecule has 5 heteroatoms. The Morgan fingerprint density at radius 2 is 2.14 bits per heavy atom. The summed E-state index contributed by atoms with van der Waals surface area (Å²) in [6, 6.07) is 11.2. The highest BCUT2D eigenvalue weighted by molar-refractivity contribution is 7.07. The Morgan fingerprint density at radius 1 is 1.33 bits per heavy atom. The van der Waals surface area contributed by atoms with Crippen LogP contribution in [0, 0.1) is 0 Å². The average molecular weight is 317 g/mol. The van der Waals surface area contributed by atoms with Crippen molar-refractivity contribution in [2.45, 2.75) is 6.54 Å². The van der Waals surface area contributed by atoms with Crippen LogP contribution in [0.3, 0.4) is 0 Å². The minimum atomic E-state index is -0.0540. The maximum Gasteiger partial charge on any atom is 0.254 e. The van der Waals surface area contributed by atoms with Gasteiger partial charge in [0.25, 0.3) is 5.91 Å². The molecule has 3 nitrogen and oxygen atoms in total. The predicted octanol–water partition coefficient (Wildman–Crippen LogP) is 4.22. The Bertz CT molecular complexity index is 786. The molecule has 2 aromatic heterocycles. The smallest absolute Gasteiger partial charge is 0.254 e. The van der Waals surface area contributed by atoms with Crippen molar-refractivity contribution in [2.24, 2.45) is 0 Å². The Hall–Kier alpha value is -1.91. The fraction of sp³-hybridized carbons (Fsp3) is 0.125. The first kappa shape index (κ1) is 14.0. The molecule has 0 saturated heterocycles. The zero-order chi connectivity index (χ0) is 14.8. The van der Waals surface area contributed by atoms with Crippen LogP contribution in [0.1, 0.15) is 15.9 Å². The number of rotatable bonds is 3. The normalized spacial score (nSPS) is 10.8. The van der Waals surface area contributed by atoms with E-state index in [1.807, 2.05) is 41.1 Å². The number of thiophene rings is 1. The minimum Gasteiger partial charge on any atom is -0.337 e. The molecule has 0 aliphatic carbocycles. The molecule has 21 heavy (non-hydrogen) atoms. The lowest BCUT2D eigenvalue weighted by Gasteiger charge is -2.17. The molecule has 0 saturated carbocycles. The molecule has 0 aliphatic heterocycles. The largest absolute Gasteiger partial charge is 0.337 e. The van der Waals surface area contributed by atoms with Crippen molar-refractivity contribution in [3.8, 4) is 0 Å². The van der Waals surface area contributed by atoms with Crippen molar-refractivity contribution in [2.75, 3.05) is 7.05 Å². The summed E-state index contributed by atoms with van der Waals surface area (Å²) < 4.78 is 0. The molecule has 106 valence electrons. The molecule has 0 atom stereocenters. The van der Waals surface area contributed by atoms with Gasteiger partial charge in [0.2, 0.25) is 0 Å². The number of para-hydroxylation sites is 1. The molecule has 1 amide bonds. The zero-order valence-corrected chi connectivity index (χ0v) is 13.0. The summed E-state index contributed by atoms with van der Waals surface area (Å²) in [5.41, 5.74) is 2.45. The Balaban J connectivity index is 1.97. The monoisotopic (exact) mass is 316 g/mol. The van der Waals surface area contributed by atoms with Crippen LogP contribution in [-0.2, 0) is 6.54 Å². The van der Waals surface area contributed by atoms with E-state index in [1.165, 1.54) is 0 Å². The number of benzene rings is 1. The summed E-state index contributed by atoms with van der Waals surface area (Å²) >= 11 is 7.66. The molecular formula is C16H13ClN2OS. The predicted molar refractivity (Wildman–Crippen MR) is 86.9 cm³/mol. The maximum atomic E-state index is 12.7. The third-order valence-corrected chi connectivity index (χ3v) is 4.19. The van der Waals surface area contributed by atoms with Gasteiger partial charge in [-0.3, -0.25) is 4.79 Å². The van der Waals surface area contributed by atoms with Crippen molar-refractivity contribution in [3.05, 3.63) is 63.4 Å². The van der Waals surface area contributed by atoms with Crippen molar-refractivity contribution in [1.29, 1.82) is 0 Å². The summed E-state index contributed by atoms with van der Waals surface area (Å²) in [6.45, 7) is 0.580. The van der Waals surface area contributed by atoms with Gasteiger partial charge in [0.05, 0.1) is 11.1 Å². The van der Waals surface area contributed by atoms with Crippen LogP contribution in [0.5, 0.6) is 0 Å². The van der Waals surface area contributed by atoms with Crippen LogP contribution in [-0.4, -0.2) is 22.8 Å². The summed E-state index contributed by atoms with van der Waals surface area (Å²) in [6.07, 6.45) is 0. The fourth-order valence-corrected chi connectivity index (χ4v) is 3.11. The summed E-state index contributed by atoms with van der Waals surface area (Å²) in [5.74, 6) is -0.0540. The van der Waals surface area contributed by atoms with Gasteiger partial charge >= 0.3 is 0 Å². The minimum absolute atomic E-state index is 0.0540. The van der Waals surface area contributed by atoms with E-state index in [0.29, 0.717) is 17.3 Å². The number of pyridine rings is 1. The molecule has 1 aromatic carbocycles. The molecule has 0 spiro atoms. The van der Waals surface area contributed by atoms with Gasteiger partial charge in [0.15, 0.2) is 0 Å². The first-order chi connectivity index (χ1) is 10.1. The van der Waals surface area contributed by atoms with Gasteiger partial charge < -0.3 is 4.90 Å². The lowest BCUT2D eigenvalue weighted by Crippen LogP contribution is -2.26. The van der Waals surface area contributed by atoms with Crippen LogP contribution in [0.25, 0.3) is 10.9 Å². The molecule has 3 aromatic rings. The molecule has 0 aliphatic rings. The van der Waals surface area contributed by atoms with Gasteiger partial charge in [-0.2, -0.15) is 11.3 Å². The second kappa shape index (κ2) is 5.84. The highest BCUT2D eigenvalue weighted by Crippen LogP contribution is 2.22. The Labute approximate surface area is 131 Å². The van der Waals surface area contributed by atoms with E-state index >= 15 is 0 Å². The summed E-state index contributed by atoms with van der Waals surface area (Å²) in [5, 5.41) is 5.21. The van der Waals surface area contributed by atoms with Gasteiger partial charge in [-0.25, -0.2) is 4.98 Å². The molecule has 0 radical (unpaired) electrons. The molecule has 0 unspecified atom stereocenters. The third kappa shape index (κ3) is 2.91. The molecule has 0 fully saturated rings. The van der Waals surface area contributed by atoms with E-state index < -0.39 is 0 Å². The number of aromatic nitrogens is 1. The molecule has 2 heterocycles. The highest BCUT2D eigenvalue weighted by Gasteiger charge is 2.16. The number of halogens is 1. The Morgan fingerprint density at radius 3 is 2.90 bits per heavy atom. The summed E-state index contributed by atoms with van der Waals surface area (Å²) in [7, 11) is 1.79. The highest BCUT2D eigenvalue weighted by atomic mass is 35.5. The first-order valence-electron chi connectivity index (χ1n) is 6.47. The van der Waals surface area contributed by atoms with Crippen molar-refractivity contribution in [3.63, 3.8) is 0 Å². The van der Waals surface area contributed by atoms with E-state index in [4.69, 9.17) is 11.6 Å². The van der Waals surface area contributed by atoms with E-state index in [9.17, 15) is 4.79 Å². The number of fused-ring (bicyclic) bond motifs is 1. The fourth-order valence-electron chi connectivity index (χ4n) is 2.25. The zero-order valence-electron chi connectivity index (χ0n) is 11.4. The van der Waals surface area contributed by atoms with Gasteiger partial charge in [0.1, 0.15) is 5.15 Å². The van der Waals surface area contributed by atoms with E-state index in [1.54, 1.807) is 29.4 Å². The van der Waals surface area contributed by atoms with Crippen molar-refractivity contribution < 1.29 is 4.79 Å². The number of amides is 1. The SMILES string of the molecule is CN(Cc1ccsc1)C(=O)c1cc(Cl)nc2ccccc12. The number of nitrogens with zero attached hydrogens (tertiary/aromatic N) is 2. The third-order valence-electron chi connectivity index (χ3n) is 3.26. The van der Waals surface area contributed by atoms with E-state index in [-0.39, 0.29) is 5.91 Å². The Kier molecular flexibility index (Phi) is 3.90. The first-order valence-corrected chi connectivity index (χ1v) is 7.79.